The summed E-state index contributed by atoms with van der Waals surface area (Å²) < 4.78 is 32.7. The molecule has 2 aromatic rings. The van der Waals surface area contributed by atoms with Gasteiger partial charge in [-0.15, -0.1) is 0 Å². The minimum absolute atomic E-state index is 0.130. The molecule has 0 spiro atoms. The third-order valence-corrected chi connectivity index (χ3v) is 5.59. The van der Waals surface area contributed by atoms with Crippen LogP contribution in [0.15, 0.2) is 30.3 Å². The van der Waals surface area contributed by atoms with Crippen LogP contribution in [0.25, 0.3) is 0 Å². The molecule has 1 fully saturated rings. The molecule has 3 atom stereocenters. The molecule has 168 valence electrons. The number of hydrogen-bond donors (Lipinski definition) is 1. The minimum atomic E-state index is -0.521. The highest BCUT2D eigenvalue weighted by molar-refractivity contribution is 5.99. The minimum Gasteiger partial charge on any atom is -0.493 e. The van der Waals surface area contributed by atoms with Crippen LogP contribution in [0.2, 0.25) is 0 Å². The number of carbonyl (C=O) groups excluding carboxylic acids is 1. The van der Waals surface area contributed by atoms with E-state index in [2.05, 4.69) is 0 Å². The summed E-state index contributed by atoms with van der Waals surface area (Å²) >= 11 is 0. The molecule has 1 heterocycles. The Bertz CT molecular complexity index is 901. The van der Waals surface area contributed by atoms with Crippen LogP contribution in [0.1, 0.15) is 22.0 Å². The average molecular weight is 432 g/mol. The van der Waals surface area contributed by atoms with Crippen molar-refractivity contribution in [2.24, 2.45) is 11.8 Å². The summed E-state index contributed by atoms with van der Waals surface area (Å²) in [7, 11) is 7.64. The first-order chi connectivity index (χ1) is 15.0. The molecule has 1 aliphatic rings. The van der Waals surface area contributed by atoms with Gasteiger partial charge < -0.3 is 33.5 Å². The highest BCUT2D eigenvalue weighted by atomic mass is 16.5. The van der Waals surface area contributed by atoms with Gasteiger partial charge in [-0.05, 0) is 35.9 Å². The third-order valence-electron chi connectivity index (χ3n) is 5.59. The molecular formula is C23H28O8. The van der Waals surface area contributed by atoms with E-state index < -0.39 is 17.9 Å². The molecule has 8 nitrogen and oxygen atoms in total. The van der Waals surface area contributed by atoms with Crippen molar-refractivity contribution >= 4 is 5.78 Å². The quantitative estimate of drug-likeness (QED) is 0.605. The lowest BCUT2D eigenvalue weighted by molar-refractivity contribution is 0.0711. The van der Waals surface area contributed by atoms with Crippen molar-refractivity contribution in [2.75, 3.05) is 48.8 Å². The van der Waals surface area contributed by atoms with E-state index in [1.54, 1.807) is 30.3 Å². The van der Waals surface area contributed by atoms with Crippen LogP contribution in [0, 0.1) is 11.8 Å². The van der Waals surface area contributed by atoms with E-state index in [0.717, 1.165) is 5.56 Å². The lowest BCUT2D eigenvalue weighted by Gasteiger charge is -2.22. The van der Waals surface area contributed by atoms with Gasteiger partial charge in [0.15, 0.2) is 28.8 Å². The van der Waals surface area contributed by atoms with Gasteiger partial charge in [0.2, 0.25) is 5.75 Å². The van der Waals surface area contributed by atoms with Crippen molar-refractivity contribution in [3.8, 4) is 28.7 Å². The van der Waals surface area contributed by atoms with Crippen LogP contribution < -0.4 is 23.7 Å². The van der Waals surface area contributed by atoms with E-state index in [1.807, 2.05) is 0 Å². The first-order valence-electron chi connectivity index (χ1n) is 9.81. The van der Waals surface area contributed by atoms with Crippen molar-refractivity contribution < 1.29 is 38.3 Å². The summed E-state index contributed by atoms with van der Waals surface area (Å²) in [5.74, 6) is 1.33. The summed E-state index contributed by atoms with van der Waals surface area (Å²) in [5, 5.41) is 10.1. The number of Topliss-reactive ketones (excluding diaryl/α,β-unsaturated/α-hetero) is 1. The Morgan fingerprint density at radius 2 is 1.52 bits per heavy atom. The van der Waals surface area contributed by atoms with Gasteiger partial charge in [-0.3, -0.25) is 4.79 Å². The van der Waals surface area contributed by atoms with E-state index in [1.165, 1.54) is 35.5 Å². The van der Waals surface area contributed by atoms with Crippen LogP contribution in [-0.4, -0.2) is 59.7 Å². The van der Waals surface area contributed by atoms with Gasteiger partial charge in [-0.25, -0.2) is 0 Å². The fourth-order valence-corrected chi connectivity index (χ4v) is 3.97. The van der Waals surface area contributed by atoms with Gasteiger partial charge >= 0.3 is 0 Å². The van der Waals surface area contributed by atoms with Gasteiger partial charge in [-0.2, -0.15) is 0 Å². The number of methoxy groups -OCH3 is 5. The molecule has 1 saturated heterocycles. The molecule has 3 rings (SSSR count). The fraction of sp³-hybridized carbons (Fsp3) is 0.435. The average Bonchev–Trinajstić information content (AvgIpc) is 3.26. The van der Waals surface area contributed by atoms with Gasteiger partial charge in [0.1, 0.15) is 0 Å². The number of ether oxygens (including phenoxy) is 6. The molecule has 1 N–H and O–H groups in total. The normalized spacial score (nSPS) is 20.3. The predicted octanol–water partition coefficient (Wildman–Crippen LogP) is 2.91. The van der Waals surface area contributed by atoms with Gasteiger partial charge in [0.05, 0.1) is 54.2 Å². The zero-order chi connectivity index (χ0) is 22.5. The molecular weight excluding hydrogens is 404 g/mol. The zero-order valence-electron chi connectivity index (χ0n) is 18.3. The second-order valence-corrected chi connectivity index (χ2v) is 7.10. The molecule has 0 radical (unpaired) electrons. The Hall–Kier alpha value is -2.97. The summed E-state index contributed by atoms with van der Waals surface area (Å²) in [6.07, 6.45) is -0.507. The number of rotatable bonds is 9. The smallest absolute Gasteiger partial charge is 0.203 e. The summed E-state index contributed by atoms with van der Waals surface area (Å²) in [5.41, 5.74) is 1.20. The van der Waals surface area contributed by atoms with Crippen LogP contribution in [0.5, 0.6) is 28.7 Å². The molecule has 0 aromatic heterocycles. The van der Waals surface area contributed by atoms with Crippen molar-refractivity contribution in [1.29, 1.82) is 0 Å². The first-order valence-corrected chi connectivity index (χ1v) is 9.81. The maximum atomic E-state index is 13.3. The Morgan fingerprint density at radius 3 is 2.03 bits per heavy atom. The highest BCUT2D eigenvalue weighted by Crippen LogP contribution is 2.46. The summed E-state index contributed by atoms with van der Waals surface area (Å²) in [6, 6.07) is 8.57. The molecule has 1 aliphatic heterocycles. The maximum Gasteiger partial charge on any atom is 0.203 e. The molecule has 0 amide bonds. The molecule has 0 bridgehead atoms. The van der Waals surface area contributed by atoms with Gasteiger partial charge in [-0.1, -0.05) is 0 Å². The van der Waals surface area contributed by atoms with Crippen LogP contribution in [-0.2, 0) is 4.74 Å². The summed E-state index contributed by atoms with van der Waals surface area (Å²) in [6.45, 7) is -0.0369. The maximum absolute atomic E-state index is 13.3. The Labute approximate surface area is 181 Å². The molecule has 0 aliphatic carbocycles. The van der Waals surface area contributed by atoms with Crippen molar-refractivity contribution in [2.45, 2.75) is 6.10 Å². The predicted molar refractivity (Wildman–Crippen MR) is 113 cm³/mol. The number of benzene rings is 2. The van der Waals surface area contributed by atoms with E-state index in [9.17, 15) is 9.90 Å². The van der Waals surface area contributed by atoms with Gasteiger partial charge in [0.25, 0.3) is 0 Å². The second-order valence-electron chi connectivity index (χ2n) is 7.10. The van der Waals surface area contributed by atoms with Crippen LogP contribution in [0.3, 0.4) is 0 Å². The Kier molecular flexibility index (Phi) is 7.25. The number of ketones is 1. The number of aliphatic hydroxyl groups is 1. The zero-order valence-corrected chi connectivity index (χ0v) is 18.3. The van der Waals surface area contributed by atoms with Crippen molar-refractivity contribution in [3.05, 3.63) is 41.5 Å². The largest absolute Gasteiger partial charge is 0.493 e. The van der Waals surface area contributed by atoms with Crippen LogP contribution >= 0.6 is 0 Å². The molecule has 8 heteroatoms. The van der Waals surface area contributed by atoms with E-state index in [4.69, 9.17) is 28.4 Å². The lowest BCUT2D eigenvalue weighted by atomic mass is 9.83. The monoisotopic (exact) mass is 432 g/mol. The van der Waals surface area contributed by atoms with Crippen LogP contribution in [0.4, 0.5) is 0 Å². The Morgan fingerprint density at radius 1 is 0.903 bits per heavy atom. The number of hydrogen-bond acceptors (Lipinski definition) is 8. The number of carbonyl (C=O) groups is 1. The number of aliphatic hydroxyl groups excluding tert-OH is 1. The van der Waals surface area contributed by atoms with Crippen molar-refractivity contribution in [1.82, 2.24) is 0 Å². The Balaban J connectivity index is 1.92. The molecule has 31 heavy (non-hydrogen) atoms. The summed E-state index contributed by atoms with van der Waals surface area (Å²) in [4.78, 5) is 13.3. The lowest BCUT2D eigenvalue weighted by Crippen LogP contribution is -2.26. The molecule has 2 aromatic carbocycles. The topological polar surface area (TPSA) is 92.7 Å². The van der Waals surface area contributed by atoms with Crippen molar-refractivity contribution in [3.63, 3.8) is 0 Å². The molecule has 0 saturated carbocycles. The van der Waals surface area contributed by atoms with Gasteiger partial charge in [0, 0.05) is 18.1 Å². The SMILES string of the molecule is COc1ccc(C(=O)C2COC(c3cc(OC)c(OC)c(OC)c3)C2CO)cc1OC. The second kappa shape index (κ2) is 9.89. The highest BCUT2D eigenvalue weighted by Gasteiger charge is 2.42. The van der Waals surface area contributed by atoms with E-state index in [-0.39, 0.29) is 19.0 Å². The fourth-order valence-electron chi connectivity index (χ4n) is 3.97. The third kappa shape index (κ3) is 4.26. The van der Waals surface area contributed by atoms with E-state index >= 15 is 0 Å². The molecule has 3 unspecified atom stereocenters. The first kappa shape index (κ1) is 22.7. The van der Waals surface area contributed by atoms with E-state index in [0.29, 0.717) is 34.3 Å². The standard InChI is InChI=1S/C23H28O8/c1-26-17-7-6-13(8-18(17)27-2)21(25)16-12-31-22(15(16)11-24)14-9-19(28-3)23(30-5)20(10-14)29-4/h6-10,15-16,22,24H,11-12H2,1-5H3.